The summed E-state index contributed by atoms with van der Waals surface area (Å²) in [6.45, 7) is 2.61. The van der Waals surface area contributed by atoms with Crippen LogP contribution in [0.1, 0.15) is 42.5 Å². The van der Waals surface area contributed by atoms with Gasteiger partial charge < -0.3 is 19.7 Å². The standard InChI is InChI=1S/C20H28N2O4/c1-25-17-7-4-5-16(13-17)20(24)22-10-8-15(9-11-22)19(23)21-14-18-6-2-3-12-26-18/h4-5,7,13,15,18H,2-3,6,8-12,14H2,1H3,(H,21,23)/t18-/m1/s1. The molecule has 0 aromatic heterocycles. The number of benzene rings is 1. The van der Waals surface area contributed by atoms with E-state index in [4.69, 9.17) is 9.47 Å². The molecule has 2 amide bonds. The first-order valence-corrected chi connectivity index (χ1v) is 9.50. The molecule has 0 aliphatic carbocycles. The number of ether oxygens (including phenoxy) is 2. The van der Waals surface area contributed by atoms with Crippen LogP contribution < -0.4 is 10.1 Å². The maximum Gasteiger partial charge on any atom is 0.253 e. The molecular formula is C20H28N2O4. The molecule has 0 unspecified atom stereocenters. The van der Waals surface area contributed by atoms with E-state index in [1.54, 1.807) is 19.2 Å². The Kier molecular flexibility index (Phi) is 6.50. The van der Waals surface area contributed by atoms with Crippen LogP contribution in [0.5, 0.6) is 5.75 Å². The molecule has 2 aliphatic heterocycles. The number of likely N-dealkylation sites (tertiary alicyclic amines) is 1. The molecule has 0 radical (unpaired) electrons. The number of hydrogen-bond acceptors (Lipinski definition) is 4. The fourth-order valence-electron chi connectivity index (χ4n) is 3.61. The number of hydrogen-bond donors (Lipinski definition) is 1. The van der Waals surface area contributed by atoms with E-state index in [1.165, 1.54) is 6.42 Å². The molecule has 0 saturated carbocycles. The number of methoxy groups -OCH3 is 1. The van der Waals surface area contributed by atoms with E-state index in [-0.39, 0.29) is 23.8 Å². The van der Waals surface area contributed by atoms with Crippen molar-refractivity contribution in [1.29, 1.82) is 0 Å². The molecule has 2 aliphatic rings. The first kappa shape index (κ1) is 18.7. The van der Waals surface area contributed by atoms with E-state index in [2.05, 4.69) is 5.32 Å². The zero-order valence-electron chi connectivity index (χ0n) is 15.4. The van der Waals surface area contributed by atoms with Gasteiger partial charge in [0, 0.05) is 37.7 Å². The van der Waals surface area contributed by atoms with E-state index in [0.29, 0.717) is 43.8 Å². The summed E-state index contributed by atoms with van der Waals surface area (Å²) in [5.74, 6) is 0.744. The van der Waals surface area contributed by atoms with Crippen LogP contribution in [0.3, 0.4) is 0 Å². The third-order valence-corrected chi connectivity index (χ3v) is 5.25. The van der Waals surface area contributed by atoms with Crippen molar-refractivity contribution in [1.82, 2.24) is 10.2 Å². The number of rotatable bonds is 5. The number of amides is 2. The largest absolute Gasteiger partial charge is 0.497 e. The van der Waals surface area contributed by atoms with Gasteiger partial charge in [0.05, 0.1) is 13.2 Å². The summed E-state index contributed by atoms with van der Waals surface area (Å²) in [4.78, 5) is 26.8. The molecule has 3 rings (SSSR count). The Morgan fingerprint density at radius 1 is 1.23 bits per heavy atom. The van der Waals surface area contributed by atoms with Crippen molar-refractivity contribution in [3.63, 3.8) is 0 Å². The lowest BCUT2D eigenvalue weighted by atomic mass is 9.95. The van der Waals surface area contributed by atoms with Crippen molar-refractivity contribution >= 4 is 11.8 Å². The quantitative estimate of drug-likeness (QED) is 0.874. The summed E-state index contributed by atoms with van der Waals surface area (Å²) in [5, 5.41) is 3.03. The van der Waals surface area contributed by atoms with Gasteiger partial charge in [-0.15, -0.1) is 0 Å². The highest BCUT2D eigenvalue weighted by Gasteiger charge is 2.28. The van der Waals surface area contributed by atoms with Crippen LogP contribution in [-0.2, 0) is 9.53 Å². The normalized spacial score (nSPS) is 21.3. The Hall–Kier alpha value is -2.08. The molecule has 1 aromatic carbocycles. The summed E-state index contributed by atoms with van der Waals surface area (Å²) in [7, 11) is 1.59. The maximum atomic E-state index is 12.6. The van der Waals surface area contributed by atoms with Crippen LogP contribution in [0, 0.1) is 5.92 Å². The van der Waals surface area contributed by atoms with Crippen LogP contribution in [0.15, 0.2) is 24.3 Å². The fourth-order valence-corrected chi connectivity index (χ4v) is 3.61. The zero-order chi connectivity index (χ0) is 18.4. The van der Waals surface area contributed by atoms with Gasteiger partial charge in [-0.3, -0.25) is 9.59 Å². The van der Waals surface area contributed by atoms with Gasteiger partial charge in [0.2, 0.25) is 5.91 Å². The molecule has 0 spiro atoms. The minimum absolute atomic E-state index is 0.00152. The number of carbonyl (C=O) groups is 2. The lowest BCUT2D eigenvalue weighted by Gasteiger charge is -2.32. The predicted molar refractivity (Wildman–Crippen MR) is 98.2 cm³/mol. The number of nitrogens with one attached hydrogen (secondary N) is 1. The molecule has 2 heterocycles. The van der Waals surface area contributed by atoms with Crippen molar-refractivity contribution in [2.45, 2.75) is 38.2 Å². The van der Waals surface area contributed by atoms with Gasteiger partial charge in [-0.25, -0.2) is 0 Å². The van der Waals surface area contributed by atoms with Crippen LogP contribution in [0.25, 0.3) is 0 Å². The molecular weight excluding hydrogens is 332 g/mol. The highest BCUT2D eigenvalue weighted by Crippen LogP contribution is 2.21. The smallest absolute Gasteiger partial charge is 0.253 e. The molecule has 0 bridgehead atoms. The molecule has 1 aromatic rings. The zero-order valence-corrected chi connectivity index (χ0v) is 15.4. The van der Waals surface area contributed by atoms with Crippen LogP contribution in [0.4, 0.5) is 0 Å². The lowest BCUT2D eigenvalue weighted by molar-refractivity contribution is -0.127. The van der Waals surface area contributed by atoms with E-state index >= 15 is 0 Å². The summed E-state index contributed by atoms with van der Waals surface area (Å²) in [5.41, 5.74) is 0.627. The Morgan fingerprint density at radius 3 is 2.73 bits per heavy atom. The van der Waals surface area contributed by atoms with Crippen LogP contribution in [-0.4, -0.2) is 56.2 Å². The van der Waals surface area contributed by atoms with Gasteiger partial charge in [0.15, 0.2) is 0 Å². The SMILES string of the molecule is COc1cccc(C(=O)N2CCC(C(=O)NC[C@H]3CCCCO3)CC2)c1. The van der Waals surface area contributed by atoms with Gasteiger partial charge in [0.25, 0.3) is 5.91 Å². The van der Waals surface area contributed by atoms with E-state index < -0.39 is 0 Å². The van der Waals surface area contributed by atoms with Crippen molar-refractivity contribution in [2.75, 3.05) is 33.4 Å². The first-order valence-electron chi connectivity index (χ1n) is 9.50. The van der Waals surface area contributed by atoms with E-state index in [1.807, 2.05) is 17.0 Å². The van der Waals surface area contributed by atoms with Crippen LogP contribution >= 0.6 is 0 Å². The molecule has 2 fully saturated rings. The summed E-state index contributed by atoms with van der Waals surface area (Å²) in [6.07, 6.45) is 4.87. The second-order valence-electron chi connectivity index (χ2n) is 7.03. The average molecular weight is 360 g/mol. The third-order valence-electron chi connectivity index (χ3n) is 5.25. The van der Waals surface area contributed by atoms with Gasteiger partial charge in [-0.1, -0.05) is 6.07 Å². The van der Waals surface area contributed by atoms with Gasteiger partial charge in [-0.2, -0.15) is 0 Å². The maximum absolute atomic E-state index is 12.6. The minimum Gasteiger partial charge on any atom is -0.497 e. The highest BCUT2D eigenvalue weighted by molar-refractivity contribution is 5.94. The topological polar surface area (TPSA) is 67.9 Å². The molecule has 26 heavy (non-hydrogen) atoms. The van der Waals surface area contributed by atoms with Crippen molar-refractivity contribution < 1.29 is 19.1 Å². The van der Waals surface area contributed by atoms with Gasteiger partial charge >= 0.3 is 0 Å². The second kappa shape index (κ2) is 9.03. The van der Waals surface area contributed by atoms with Crippen molar-refractivity contribution in [3.05, 3.63) is 29.8 Å². The van der Waals surface area contributed by atoms with Gasteiger partial charge in [0.1, 0.15) is 5.75 Å². The fraction of sp³-hybridized carbons (Fsp3) is 0.600. The molecule has 142 valence electrons. The van der Waals surface area contributed by atoms with E-state index in [0.717, 1.165) is 19.4 Å². The van der Waals surface area contributed by atoms with Gasteiger partial charge in [-0.05, 0) is 50.3 Å². The van der Waals surface area contributed by atoms with Crippen molar-refractivity contribution in [2.24, 2.45) is 5.92 Å². The average Bonchev–Trinajstić information content (AvgIpc) is 2.72. The predicted octanol–water partition coefficient (Wildman–Crippen LogP) is 2.23. The summed E-state index contributed by atoms with van der Waals surface area (Å²) >= 11 is 0. The monoisotopic (exact) mass is 360 g/mol. The Bertz CT molecular complexity index is 620. The van der Waals surface area contributed by atoms with E-state index in [9.17, 15) is 9.59 Å². The molecule has 1 atom stereocenters. The summed E-state index contributed by atoms with van der Waals surface area (Å²) in [6, 6.07) is 7.20. The molecule has 6 nitrogen and oxygen atoms in total. The van der Waals surface area contributed by atoms with Crippen LogP contribution in [0.2, 0.25) is 0 Å². The molecule has 1 N–H and O–H groups in total. The Balaban J connectivity index is 1.45. The third kappa shape index (κ3) is 4.75. The van der Waals surface area contributed by atoms with Crippen molar-refractivity contribution in [3.8, 4) is 5.75 Å². The molecule has 6 heteroatoms. The lowest BCUT2D eigenvalue weighted by Crippen LogP contribution is -2.44. The highest BCUT2D eigenvalue weighted by atomic mass is 16.5. The molecule has 2 saturated heterocycles. The number of nitrogens with zero attached hydrogens (tertiary/aromatic N) is 1. The Morgan fingerprint density at radius 2 is 2.04 bits per heavy atom. The minimum atomic E-state index is -0.0204. The number of piperidine rings is 1. The number of carbonyl (C=O) groups excluding carboxylic acids is 2. The Labute approximate surface area is 154 Å². The summed E-state index contributed by atoms with van der Waals surface area (Å²) < 4.78 is 10.8. The second-order valence-corrected chi connectivity index (χ2v) is 7.03. The first-order chi connectivity index (χ1) is 12.7.